The Morgan fingerprint density at radius 3 is 2.42 bits per heavy atom. The van der Waals surface area contributed by atoms with Crippen LogP contribution in [0.2, 0.25) is 0 Å². The average Bonchev–Trinajstić information content (AvgIpc) is 3.14. The third-order valence-corrected chi connectivity index (χ3v) is 7.01. The number of rotatable bonds is 9. The Labute approximate surface area is 210 Å². The molecular weight excluding hydrogens is 480 g/mol. The van der Waals surface area contributed by atoms with Gasteiger partial charge in [-0.05, 0) is 44.0 Å². The van der Waals surface area contributed by atoms with Gasteiger partial charge in [-0.1, -0.05) is 30.3 Å². The van der Waals surface area contributed by atoms with Gasteiger partial charge < -0.3 is 9.47 Å². The summed E-state index contributed by atoms with van der Waals surface area (Å²) >= 11 is 0. The number of pyridine rings is 2. The Hall–Kier alpha value is -3.66. The van der Waals surface area contributed by atoms with Gasteiger partial charge in [0.1, 0.15) is 9.84 Å². The quantitative estimate of drug-likeness (QED) is 0.339. The maximum absolute atomic E-state index is 13.8. The number of sulfone groups is 1. The standard InChI is InChI=1S/C26H30N4O5S/c1-6-29-23-17(3)19(18-11-9-8-10-12-18)15-27-24(23)30(26(29)31)21(16-36(5,32)33)20-13-14-22(34-4)25(28-20)35-7-2/h8-15,21H,6-7,16H2,1-5H3/t21-/m1/s1. The van der Waals surface area contributed by atoms with Crippen molar-refractivity contribution in [3.8, 4) is 22.8 Å². The van der Waals surface area contributed by atoms with Gasteiger partial charge in [-0.25, -0.2) is 23.2 Å². The zero-order valence-corrected chi connectivity index (χ0v) is 21.9. The number of ether oxygens (including phenoxy) is 2. The van der Waals surface area contributed by atoms with E-state index in [4.69, 9.17) is 9.47 Å². The van der Waals surface area contributed by atoms with Gasteiger partial charge in [-0.2, -0.15) is 0 Å². The fraction of sp³-hybridized carbons (Fsp3) is 0.346. The summed E-state index contributed by atoms with van der Waals surface area (Å²) in [7, 11) is -2.01. The van der Waals surface area contributed by atoms with Crippen LogP contribution in [0.4, 0.5) is 0 Å². The Morgan fingerprint density at radius 1 is 1.08 bits per heavy atom. The van der Waals surface area contributed by atoms with Gasteiger partial charge >= 0.3 is 5.69 Å². The van der Waals surface area contributed by atoms with Crippen molar-refractivity contribution in [2.75, 3.05) is 25.7 Å². The number of fused-ring (bicyclic) bond motifs is 1. The highest BCUT2D eigenvalue weighted by molar-refractivity contribution is 7.90. The van der Waals surface area contributed by atoms with Gasteiger partial charge in [0.25, 0.3) is 5.88 Å². The highest BCUT2D eigenvalue weighted by atomic mass is 32.2. The third kappa shape index (κ3) is 4.73. The molecule has 4 rings (SSSR count). The van der Waals surface area contributed by atoms with Crippen LogP contribution in [-0.4, -0.2) is 53.2 Å². The van der Waals surface area contributed by atoms with E-state index >= 15 is 0 Å². The van der Waals surface area contributed by atoms with Gasteiger partial charge in [0, 0.05) is 24.6 Å². The third-order valence-electron chi connectivity index (χ3n) is 6.08. The summed E-state index contributed by atoms with van der Waals surface area (Å²) < 4.78 is 39.1. The molecule has 0 amide bonds. The Balaban J connectivity index is 2.01. The van der Waals surface area contributed by atoms with Crippen molar-refractivity contribution in [3.05, 3.63) is 70.4 Å². The van der Waals surface area contributed by atoms with Crippen LogP contribution in [0.15, 0.2) is 53.5 Å². The number of imidazole rings is 1. The van der Waals surface area contributed by atoms with Crippen molar-refractivity contribution in [3.63, 3.8) is 0 Å². The molecule has 36 heavy (non-hydrogen) atoms. The number of aromatic nitrogens is 4. The highest BCUT2D eigenvalue weighted by Crippen LogP contribution is 2.32. The highest BCUT2D eigenvalue weighted by Gasteiger charge is 2.29. The number of benzene rings is 1. The number of aryl methyl sites for hydroxylation is 2. The zero-order valence-electron chi connectivity index (χ0n) is 21.1. The maximum atomic E-state index is 13.8. The van der Waals surface area contributed by atoms with Crippen LogP contribution in [0.25, 0.3) is 22.3 Å². The van der Waals surface area contributed by atoms with Gasteiger partial charge in [0.05, 0.1) is 36.7 Å². The van der Waals surface area contributed by atoms with E-state index in [2.05, 4.69) is 9.97 Å². The lowest BCUT2D eigenvalue weighted by atomic mass is 10.0. The van der Waals surface area contributed by atoms with E-state index in [0.29, 0.717) is 35.8 Å². The first-order valence-corrected chi connectivity index (χ1v) is 13.8. The predicted molar refractivity (Wildman–Crippen MR) is 140 cm³/mol. The smallest absolute Gasteiger partial charge is 0.330 e. The van der Waals surface area contributed by atoms with Crippen molar-refractivity contribution in [2.24, 2.45) is 0 Å². The largest absolute Gasteiger partial charge is 0.491 e. The molecule has 9 nitrogen and oxygen atoms in total. The summed E-state index contributed by atoms with van der Waals surface area (Å²) in [5, 5.41) is 0. The summed E-state index contributed by atoms with van der Waals surface area (Å²) in [4.78, 5) is 23.0. The summed E-state index contributed by atoms with van der Waals surface area (Å²) in [5.74, 6) is 0.323. The molecule has 4 aromatic rings. The molecule has 0 aliphatic heterocycles. The number of methoxy groups -OCH3 is 1. The second-order valence-corrected chi connectivity index (χ2v) is 10.7. The molecule has 0 radical (unpaired) electrons. The molecule has 0 fully saturated rings. The first-order valence-electron chi connectivity index (χ1n) is 11.7. The molecule has 0 spiro atoms. The van der Waals surface area contributed by atoms with E-state index in [1.54, 1.807) is 22.9 Å². The molecule has 0 saturated carbocycles. The van der Waals surface area contributed by atoms with Crippen LogP contribution in [-0.2, 0) is 16.4 Å². The molecule has 3 aromatic heterocycles. The second kappa shape index (κ2) is 10.1. The predicted octanol–water partition coefficient (Wildman–Crippen LogP) is 3.63. The van der Waals surface area contributed by atoms with Crippen LogP contribution in [0, 0.1) is 6.92 Å². The van der Waals surface area contributed by atoms with Crippen LogP contribution in [0.3, 0.4) is 0 Å². The zero-order chi connectivity index (χ0) is 26.0. The maximum Gasteiger partial charge on any atom is 0.330 e. The molecule has 190 valence electrons. The number of hydrogen-bond acceptors (Lipinski definition) is 7. The lowest BCUT2D eigenvalue weighted by Crippen LogP contribution is -2.32. The molecule has 3 heterocycles. The minimum Gasteiger partial charge on any atom is -0.491 e. The minimum absolute atomic E-state index is 0.235. The van der Waals surface area contributed by atoms with Crippen molar-refractivity contribution in [1.29, 1.82) is 0 Å². The van der Waals surface area contributed by atoms with E-state index in [9.17, 15) is 13.2 Å². The Morgan fingerprint density at radius 2 is 1.81 bits per heavy atom. The Bertz CT molecular complexity index is 1560. The molecule has 1 aromatic carbocycles. The topological polar surface area (TPSA) is 105 Å². The van der Waals surface area contributed by atoms with E-state index < -0.39 is 15.9 Å². The molecular formula is C26H30N4O5S. The van der Waals surface area contributed by atoms with Crippen LogP contribution >= 0.6 is 0 Å². The normalized spacial score (nSPS) is 12.6. The fourth-order valence-corrected chi connectivity index (χ4v) is 5.37. The molecule has 1 atom stereocenters. The molecule has 0 aliphatic carbocycles. The fourth-order valence-electron chi connectivity index (χ4n) is 4.48. The van der Waals surface area contributed by atoms with Crippen LogP contribution in [0.5, 0.6) is 11.6 Å². The van der Waals surface area contributed by atoms with E-state index in [1.807, 2.05) is 51.1 Å². The summed E-state index contributed by atoms with van der Waals surface area (Å²) in [6.07, 6.45) is 2.87. The van der Waals surface area contributed by atoms with Gasteiger partial charge in [0.15, 0.2) is 11.4 Å². The van der Waals surface area contributed by atoms with Crippen molar-refractivity contribution in [1.82, 2.24) is 19.1 Å². The monoisotopic (exact) mass is 510 g/mol. The molecule has 0 bridgehead atoms. The second-order valence-electron chi connectivity index (χ2n) is 8.52. The summed E-state index contributed by atoms with van der Waals surface area (Å²) in [5.41, 5.74) is 3.87. The van der Waals surface area contributed by atoms with Crippen LogP contribution < -0.4 is 15.2 Å². The molecule has 10 heteroatoms. The minimum atomic E-state index is -3.51. The number of hydrogen-bond donors (Lipinski definition) is 0. The SMILES string of the molecule is CCOc1nc([C@@H](CS(C)(=O)=O)n2c(=O)n(CC)c3c(C)c(-c4ccccc4)cnc32)ccc1OC. The van der Waals surface area contributed by atoms with E-state index in [0.717, 1.165) is 22.9 Å². The molecule has 0 aliphatic rings. The van der Waals surface area contributed by atoms with Crippen molar-refractivity contribution < 1.29 is 17.9 Å². The van der Waals surface area contributed by atoms with Gasteiger partial charge in [0.2, 0.25) is 0 Å². The summed E-state index contributed by atoms with van der Waals surface area (Å²) in [6, 6.07) is 12.2. The lowest BCUT2D eigenvalue weighted by molar-refractivity contribution is 0.296. The average molecular weight is 511 g/mol. The number of nitrogens with zero attached hydrogens (tertiary/aromatic N) is 4. The van der Waals surface area contributed by atoms with Gasteiger partial charge in [-0.15, -0.1) is 0 Å². The first-order chi connectivity index (χ1) is 17.2. The molecule has 0 N–H and O–H groups in total. The van der Waals surface area contributed by atoms with Crippen LogP contribution in [0.1, 0.15) is 31.1 Å². The lowest BCUT2D eigenvalue weighted by Gasteiger charge is -2.19. The van der Waals surface area contributed by atoms with E-state index in [-0.39, 0.29) is 17.3 Å². The first kappa shape index (κ1) is 25.4. The van der Waals surface area contributed by atoms with E-state index in [1.165, 1.54) is 11.7 Å². The Kier molecular flexibility index (Phi) is 7.16. The summed E-state index contributed by atoms with van der Waals surface area (Å²) in [6.45, 7) is 6.39. The molecule has 0 unspecified atom stereocenters. The van der Waals surface area contributed by atoms with Gasteiger partial charge in [-0.3, -0.25) is 9.13 Å². The molecule has 0 saturated heterocycles. The van der Waals surface area contributed by atoms with Crippen molar-refractivity contribution in [2.45, 2.75) is 33.4 Å². The van der Waals surface area contributed by atoms with Crippen molar-refractivity contribution >= 4 is 21.0 Å².